The Labute approximate surface area is 160 Å². The van der Waals surface area contributed by atoms with Crippen molar-refractivity contribution in [3.05, 3.63) is 40.7 Å². The van der Waals surface area contributed by atoms with Crippen LogP contribution in [0.25, 0.3) is 10.2 Å². The van der Waals surface area contributed by atoms with Crippen LogP contribution >= 0.6 is 11.3 Å². The van der Waals surface area contributed by atoms with Crippen LogP contribution in [-0.2, 0) is 11.3 Å². The maximum absolute atomic E-state index is 12.6. The van der Waals surface area contributed by atoms with Crippen LogP contribution in [0.2, 0.25) is 0 Å². The van der Waals surface area contributed by atoms with Gasteiger partial charge in [0.15, 0.2) is 11.5 Å². The van der Waals surface area contributed by atoms with Gasteiger partial charge in [-0.25, -0.2) is 4.98 Å². The van der Waals surface area contributed by atoms with Gasteiger partial charge in [-0.2, -0.15) is 0 Å². The largest absolute Gasteiger partial charge is 0.485 e. The lowest BCUT2D eigenvalue weighted by atomic mass is 10.1. The molecule has 1 aromatic carbocycles. The van der Waals surface area contributed by atoms with Gasteiger partial charge in [0.25, 0.3) is 5.91 Å². The highest BCUT2D eigenvalue weighted by molar-refractivity contribution is 7.18. The Morgan fingerprint density at radius 1 is 1.41 bits per heavy atom. The second kappa shape index (κ2) is 7.66. The molecule has 142 valence electrons. The van der Waals surface area contributed by atoms with E-state index in [1.54, 1.807) is 29.4 Å². The third kappa shape index (κ3) is 3.96. The number of hydrogen-bond donors (Lipinski definition) is 0. The van der Waals surface area contributed by atoms with Crippen molar-refractivity contribution in [3.63, 3.8) is 0 Å². The lowest BCUT2D eigenvalue weighted by Crippen LogP contribution is -2.43. The van der Waals surface area contributed by atoms with Gasteiger partial charge in [0.1, 0.15) is 12.4 Å². The minimum atomic E-state index is -0.133. The summed E-state index contributed by atoms with van der Waals surface area (Å²) in [4.78, 5) is 18.8. The molecule has 0 bridgehead atoms. The molecule has 1 fully saturated rings. The monoisotopic (exact) mass is 387 g/mol. The molecule has 0 unspecified atom stereocenters. The van der Waals surface area contributed by atoms with E-state index in [1.807, 2.05) is 25.1 Å². The third-order valence-corrected chi connectivity index (χ3v) is 5.58. The van der Waals surface area contributed by atoms with Crippen LogP contribution in [-0.4, -0.2) is 47.3 Å². The molecule has 0 saturated carbocycles. The molecule has 27 heavy (non-hydrogen) atoms. The summed E-state index contributed by atoms with van der Waals surface area (Å²) in [5.74, 6) is 1.08. The minimum Gasteiger partial charge on any atom is -0.485 e. The van der Waals surface area contributed by atoms with E-state index >= 15 is 0 Å². The van der Waals surface area contributed by atoms with Crippen LogP contribution in [0.1, 0.15) is 34.1 Å². The molecule has 1 aliphatic rings. The first-order valence-electron chi connectivity index (χ1n) is 8.90. The van der Waals surface area contributed by atoms with E-state index in [9.17, 15) is 4.79 Å². The molecule has 1 atom stereocenters. The Bertz CT molecular complexity index is 951. The minimum absolute atomic E-state index is 0.0849. The highest BCUT2D eigenvalue weighted by Gasteiger charge is 2.26. The van der Waals surface area contributed by atoms with Crippen molar-refractivity contribution in [3.8, 4) is 5.75 Å². The number of hydrogen-bond acceptors (Lipinski definition) is 7. The van der Waals surface area contributed by atoms with E-state index in [4.69, 9.17) is 14.0 Å². The average Bonchev–Trinajstić information content (AvgIpc) is 3.31. The molecule has 3 aromatic rings. The zero-order chi connectivity index (χ0) is 18.8. The predicted octanol–water partition coefficient (Wildman–Crippen LogP) is 3.42. The topological polar surface area (TPSA) is 77.7 Å². The maximum atomic E-state index is 12.6. The van der Waals surface area contributed by atoms with Gasteiger partial charge in [0.2, 0.25) is 0 Å². The number of nitrogens with zero attached hydrogens (tertiary/aromatic N) is 3. The normalized spacial score (nSPS) is 17.4. The van der Waals surface area contributed by atoms with E-state index in [0.29, 0.717) is 30.3 Å². The summed E-state index contributed by atoms with van der Waals surface area (Å²) in [7, 11) is 1.68. The number of aromatic nitrogens is 2. The standard InChI is InChI=1S/C19H21N3O4S/c1-12-20-16-8-13(5-6-18(16)27-12)25-11-15-9-17(21-26-15)19(23)22-7-3-4-14(10-22)24-2/h5-6,8-9,14H,3-4,7,10-11H2,1-2H3/t14-/m1/s1. The number of thiazole rings is 1. The summed E-state index contributed by atoms with van der Waals surface area (Å²) in [5.41, 5.74) is 1.22. The van der Waals surface area contributed by atoms with Crippen LogP contribution < -0.4 is 4.74 Å². The first-order valence-corrected chi connectivity index (χ1v) is 9.71. The van der Waals surface area contributed by atoms with Crippen molar-refractivity contribution in [1.82, 2.24) is 15.0 Å². The van der Waals surface area contributed by atoms with Gasteiger partial charge in [-0.15, -0.1) is 11.3 Å². The molecule has 0 aliphatic carbocycles. The Hall–Kier alpha value is -2.45. The van der Waals surface area contributed by atoms with Crippen LogP contribution in [0.15, 0.2) is 28.8 Å². The molecular weight excluding hydrogens is 366 g/mol. The Morgan fingerprint density at radius 2 is 2.30 bits per heavy atom. The molecule has 2 aromatic heterocycles. The van der Waals surface area contributed by atoms with Gasteiger partial charge < -0.3 is 18.9 Å². The molecule has 3 heterocycles. The highest BCUT2D eigenvalue weighted by atomic mass is 32.1. The maximum Gasteiger partial charge on any atom is 0.276 e. The fraction of sp³-hybridized carbons (Fsp3) is 0.421. The third-order valence-electron chi connectivity index (χ3n) is 4.62. The van der Waals surface area contributed by atoms with Gasteiger partial charge in [0.05, 0.1) is 21.3 Å². The smallest absolute Gasteiger partial charge is 0.276 e. The molecule has 0 spiro atoms. The number of fused-ring (bicyclic) bond motifs is 1. The number of carbonyl (C=O) groups is 1. The molecular formula is C19H21N3O4S. The van der Waals surface area contributed by atoms with Gasteiger partial charge in [0, 0.05) is 32.3 Å². The quantitative estimate of drug-likeness (QED) is 0.668. The van der Waals surface area contributed by atoms with Crippen LogP contribution in [0.3, 0.4) is 0 Å². The Kier molecular flexibility index (Phi) is 5.09. The van der Waals surface area contributed by atoms with Crippen LogP contribution in [0.5, 0.6) is 5.75 Å². The summed E-state index contributed by atoms with van der Waals surface area (Å²) < 4.78 is 17.5. The summed E-state index contributed by atoms with van der Waals surface area (Å²) in [6.45, 7) is 3.48. The number of methoxy groups -OCH3 is 1. The molecule has 1 amide bonds. The molecule has 1 saturated heterocycles. The summed E-state index contributed by atoms with van der Waals surface area (Å²) >= 11 is 1.65. The SMILES string of the molecule is CO[C@@H]1CCCN(C(=O)c2cc(COc3ccc4sc(C)nc4c3)on2)C1. The molecule has 0 radical (unpaired) electrons. The number of benzene rings is 1. The van der Waals surface area contributed by atoms with Gasteiger partial charge in [-0.1, -0.05) is 5.16 Å². The highest BCUT2D eigenvalue weighted by Crippen LogP contribution is 2.26. The molecule has 1 aliphatic heterocycles. The molecule has 7 nitrogen and oxygen atoms in total. The average molecular weight is 387 g/mol. The first-order chi connectivity index (χ1) is 13.1. The Morgan fingerprint density at radius 3 is 3.15 bits per heavy atom. The number of amides is 1. The first kappa shape index (κ1) is 17.9. The fourth-order valence-corrected chi connectivity index (χ4v) is 4.03. The number of rotatable bonds is 5. The van der Waals surface area contributed by atoms with Crippen LogP contribution in [0, 0.1) is 6.92 Å². The van der Waals surface area contributed by atoms with E-state index in [-0.39, 0.29) is 18.6 Å². The van der Waals surface area contributed by atoms with Crippen LogP contribution in [0.4, 0.5) is 0 Å². The summed E-state index contributed by atoms with van der Waals surface area (Å²) in [5, 5.41) is 4.93. The van der Waals surface area contributed by atoms with Crippen molar-refractivity contribution >= 4 is 27.5 Å². The van der Waals surface area contributed by atoms with Crippen molar-refractivity contribution in [2.75, 3.05) is 20.2 Å². The zero-order valence-electron chi connectivity index (χ0n) is 15.3. The van der Waals surface area contributed by atoms with Crippen molar-refractivity contribution in [2.45, 2.75) is 32.5 Å². The molecule has 4 rings (SSSR count). The lowest BCUT2D eigenvalue weighted by molar-refractivity contribution is 0.0263. The second-order valence-electron chi connectivity index (χ2n) is 6.58. The number of carbonyl (C=O) groups excluding carboxylic acids is 1. The lowest BCUT2D eigenvalue weighted by Gasteiger charge is -2.31. The number of ether oxygens (including phenoxy) is 2. The van der Waals surface area contributed by atoms with Crippen molar-refractivity contribution < 1.29 is 18.8 Å². The van der Waals surface area contributed by atoms with E-state index < -0.39 is 0 Å². The summed E-state index contributed by atoms with van der Waals surface area (Å²) in [6.07, 6.45) is 1.99. The van der Waals surface area contributed by atoms with E-state index in [1.165, 1.54) is 0 Å². The molecule has 0 N–H and O–H groups in total. The van der Waals surface area contributed by atoms with Crippen molar-refractivity contribution in [1.29, 1.82) is 0 Å². The number of aryl methyl sites for hydroxylation is 1. The zero-order valence-corrected chi connectivity index (χ0v) is 16.1. The number of piperidine rings is 1. The van der Waals surface area contributed by atoms with E-state index in [2.05, 4.69) is 10.1 Å². The van der Waals surface area contributed by atoms with Gasteiger partial charge >= 0.3 is 0 Å². The predicted molar refractivity (Wildman–Crippen MR) is 101 cm³/mol. The van der Waals surface area contributed by atoms with Gasteiger partial charge in [-0.05, 0) is 31.9 Å². The molecule has 8 heteroatoms. The summed E-state index contributed by atoms with van der Waals surface area (Å²) in [6, 6.07) is 7.44. The van der Waals surface area contributed by atoms with Gasteiger partial charge in [-0.3, -0.25) is 4.79 Å². The Balaban J connectivity index is 1.39. The van der Waals surface area contributed by atoms with E-state index in [0.717, 1.165) is 28.1 Å². The van der Waals surface area contributed by atoms with Crippen molar-refractivity contribution in [2.24, 2.45) is 0 Å². The number of likely N-dealkylation sites (tertiary alicyclic amines) is 1. The fourth-order valence-electron chi connectivity index (χ4n) is 3.23. The second-order valence-corrected chi connectivity index (χ2v) is 7.82.